The molecule has 0 saturated carbocycles. The quantitative estimate of drug-likeness (QED) is 0.383. The van der Waals surface area contributed by atoms with Crippen LogP contribution < -0.4 is 10.9 Å². The van der Waals surface area contributed by atoms with Crippen molar-refractivity contribution in [2.75, 3.05) is 11.2 Å². The number of rotatable bonds is 6. The van der Waals surface area contributed by atoms with Crippen molar-refractivity contribution in [2.45, 2.75) is 13.5 Å². The number of nitriles is 1. The van der Waals surface area contributed by atoms with Gasteiger partial charge in [0, 0.05) is 24.7 Å². The van der Waals surface area contributed by atoms with Crippen LogP contribution >= 0.6 is 11.6 Å². The smallest absolute Gasteiger partial charge is 0.295 e. The molecule has 148 valence electrons. The van der Waals surface area contributed by atoms with Gasteiger partial charge in [-0.15, -0.1) is 11.6 Å². The first-order valence-corrected chi connectivity index (χ1v) is 9.35. The molecule has 0 aliphatic heterocycles. The summed E-state index contributed by atoms with van der Waals surface area (Å²) >= 11 is 5.68. The van der Waals surface area contributed by atoms with Crippen LogP contribution in [0.2, 0.25) is 0 Å². The maximum atomic E-state index is 12.9. The number of carbonyl (C=O) groups excluding carboxylic acids is 1. The van der Waals surface area contributed by atoms with Crippen LogP contribution in [0.5, 0.6) is 0 Å². The maximum Gasteiger partial charge on any atom is 0.295 e. The summed E-state index contributed by atoms with van der Waals surface area (Å²) in [5.74, 6) is -0.263. The third kappa shape index (κ3) is 4.15. The topological polar surface area (TPSA) is 97.6 Å². The van der Waals surface area contributed by atoms with Crippen LogP contribution in [0.15, 0.2) is 53.1 Å². The Morgan fingerprint density at radius 2 is 2.07 bits per heavy atom. The third-order valence-corrected chi connectivity index (χ3v) is 4.60. The number of aromatic nitrogens is 4. The van der Waals surface area contributed by atoms with Crippen molar-refractivity contribution in [3.63, 3.8) is 0 Å². The lowest BCUT2D eigenvalue weighted by atomic mass is 10.2. The molecule has 1 aromatic carbocycles. The van der Waals surface area contributed by atoms with E-state index in [-0.39, 0.29) is 16.8 Å². The standard InChI is InChI=1S/C20H19ClN6O2/c1-14-18(20(29)27(25(14)2)17-6-4-3-5-7-17)24-19(28)16(11-22)10-15-12-23-26(13-15)9-8-21/h3-7,10,12-13H,8-9H2,1-2H3,(H,24,28)/b16-10-. The summed E-state index contributed by atoms with van der Waals surface area (Å²) in [5.41, 5.74) is 1.44. The van der Waals surface area contributed by atoms with Crippen LogP contribution in [0.3, 0.4) is 0 Å². The van der Waals surface area contributed by atoms with E-state index in [0.29, 0.717) is 29.4 Å². The molecule has 0 unspecified atom stereocenters. The number of anilines is 1. The summed E-state index contributed by atoms with van der Waals surface area (Å²) in [5, 5.41) is 16.1. The highest BCUT2D eigenvalue weighted by molar-refractivity contribution is 6.17. The number of halogens is 1. The van der Waals surface area contributed by atoms with E-state index in [1.807, 2.05) is 24.3 Å². The van der Waals surface area contributed by atoms with E-state index in [1.165, 1.54) is 17.0 Å². The van der Waals surface area contributed by atoms with E-state index in [9.17, 15) is 14.9 Å². The minimum atomic E-state index is -0.663. The molecular weight excluding hydrogens is 392 g/mol. The van der Waals surface area contributed by atoms with Gasteiger partial charge in [-0.25, -0.2) is 4.68 Å². The highest BCUT2D eigenvalue weighted by Crippen LogP contribution is 2.15. The van der Waals surface area contributed by atoms with Gasteiger partial charge >= 0.3 is 0 Å². The molecule has 3 rings (SSSR count). The Hall–Kier alpha value is -3.57. The predicted octanol–water partition coefficient (Wildman–Crippen LogP) is 2.47. The molecule has 0 aliphatic rings. The number of hydrogen-bond donors (Lipinski definition) is 1. The minimum absolute atomic E-state index is 0.125. The van der Waals surface area contributed by atoms with Gasteiger partial charge in [0.1, 0.15) is 17.3 Å². The average molecular weight is 411 g/mol. The van der Waals surface area contributed by atoms with Crippen molar-refractivity contribution in [1.29, 1.82) is 5.26 Å². The van der Waals surface area contributed by atoms with Gasteiger partial charge in [-0.1, -0.05) is 18.2 Å². The van der Waals surface area contributed by atoms with Crippen molar-refractivity contribution < 1.29 is 4.79 Å². The monoisotopic (exact) mass is 410 g/mol. The molecule has 3 aromatic rings. The normalized spacial score (nSPS) is 11.3. The molecule has 0 atom stereocenters. The fourth-order valence-electron chi connectivity index (χ4n) is 2.87. The first kappa shape index (κ1) is 20.2. The van der Waals surface area contributed by atoms with E-state index >= 15 is 0 Å². The second-order valence-corrected chi connectivity index (χ2v) is 6.66. The largest absolute Gasteiger partial charge is 0.315 e. The van der Waals surface area contributed by atoms with Crippen LogP contribution in [0.25, 0.3) is 11.8 Å². The SMILES string of the molecule is Cc1c(NC(=O)/C(C#N)=C\c2cnn(CCCl)c2)c(=O)n(-c2ccccc2)n1C. The average Bonchev–Trinajstić information content (AvgIpc) is 3.25. The second kappa shape index (κ2) is 8.63. The molecule has 2 heterocycles. The van der Waals surface area contributed by atoms with E-state index in [2.05, 4.69) is 10.4 Å². The van der Waals surface area contributed by atoms with Gasteiger partial charge in [-0.05, 0) is 25.1 Å². The highest BCUT2D eigenvalue weighted by Gasteiger charge is 2.20. The Labute approximate surface area is 172 Å². The van der Waals surface area contributed by atoms with E-state index in [1.54, 1.807) is 41.7 Å². The molecular formula is C20H19ClN6O2. The summed E-state index contributed by atoms with van der Waals surface area (Å²) in [4.78, 5) is 25.5. The second-order valence-electron chi connectivity index (χ2n) is 6.29. The Balaban J connectivity index is 1.91. The Morgan fingerprint density at radius 1 is 1.34 bits per heavy atom. The van der Waals surface area contributed by atoms with Crippen LogP contribution in [0.1, 0.15) is 11.3 Å². The number of benzene rings is 1. The van der Waals surface area contributed by atoms with Crippen LogP contribution in [-0.4, -0.2) is 30.9 Å². The van der Waals surface area contributed by atoms with Gasteiger partial charge in [0.25, 0.3) is 11.5 Å². The number of para-hydroxylation sites is 1. The van der Waals surface area contributed by atoms with Gasteiger partial charge in [0.2, 0.25) is 0 Å². The molecule has 1 amide bonds. The van der Waals surface area contributed by atoms with E-state index < -0.39 is 5.91 Å². The fraction of sp³-hybridized carbons (Fsp3) is 0.200. The molecule has 0 aliphatic carbocycles. The van der Waals surface area contributed by atoms with E-state index in [0.717, 1.165) is 0 Å². The molecule has 2 aromatic heterocycles. The van der Waals surface area contributed by atoms with Gasteiger partial charge in [0.05, 0.1) is 24.1 Å². The molecule has 1 N–H and O–H groups in total. The number of aryl methyl sites for hydroxylation is 1. The zero-order chi connectivity index (χ0) is 21.0. The molecule has 0 spiro atoms. The minimum Gasteiger partial charge on any atom is -0.315 e. The molecule has 0 fully saturated rings. The zero-order valence-electron chi connectivity index (χ0n) is 16.0. The molecule has 29 heavy (non-hydrogen) atoms. The first-order valence-electron chi connectivity index (χ1n) is 8.82. The third-order valence-electron chi connectivity index (χ3n) is 4.44. The number of amides is 1. The number of nitrogens with one attached hydrogen (secondary N) is 1. The summed E-state index contributed by atoms with van der Waals surface area (Å²) < 4.78 is 4.72. The van der Waals surface area contributed by atoms with Crippen molar-refractivity contribution in [3.05, 3.63) is 69.9 Å². The van der Waals surface area contributed by atoms with Crippen LogP contribution in [0.4, 0.5) is 5.69 Å². The van der Waals surface area contributed by atoms with E-state index in [4.69, 9.17) is 11.6 Å². The van der Waals surface area contributed by atoms with Gasteiger partial charge in [0.15, 0.2) is 0 Å². The highest BCUT2D eigenvalue weighted by atomic mass is 35.5. The number of hydrogen-bond acceptors (Lipinski definition) is 4. The predicted molar refractivity (Wildman–Crippen MR) is 111 cm³/mol. The molecule has 0 saturated heterocycles. The Kier molecular flexibility index (Phi) is 6.00. The van der Waals surface area contributed by atoms with Crippen LogP contribution in [0, 0.1) is 18.3 Å². The summed E-state index contributed by atoms with van der Waals surface area (Å²) in [7, 11) is 1.73. The van der Waals surface area contributed by atoms with Crippen molar-refractivity contribution in [2.24, 2.45) is 7.05 Å². The first-order chi connectivity index (χ1) is 14.0. The Bertz CT molecular complexity index is 1160. The fourth-order valence-corrected chi connectivity index (χ4v) is 3.04. The van der Waals surface area contributed by atoms with Gasteiger partial charge < -0.3 is 5.32 Å². The molecule has 0 radical (unpaired) electrons. The van der Waals surface area contributed by atoms with Gasteiger partial charge in [-0.2, -0.15) is 10.4 Å². The summed E-state index contributed by atoms with van der Waals surface area (Å²) in [6, 6.07) is 11.0. The number of nitrogens with zero attached hydrogens (tertiary/aromatic N) is 5. The molecule has 8 nitrogen and oxygen atoms in total. The Morgan fingerprint density at radius 3 is 2.72 bits per heavy atom. The van der Waals surface area contributed by atoms with Crippen molar-refractivity contribution >= 4 is 29.3 Å². The molecule has 9 heteroatoms. The van der Waals surface area contributed by atoms with Crippen LogP contribution in [-0.2, 0) is 18.4 Å². The van der Waals surface area contributed by atoms with Gasteiger partial charge in [-0.3, -0.25) is 19.0 Å². The van der Waals surface area contributed by atoms with Crippen molar-refractivity contribution in [3.8, 4) is 11.8 Å². The summed E-state index contributed by atoms with van der Waals surface area (Å²) in [6.07, 6.45) is 4.64. The molecule has 0 bridgehead atoms. The number of carbonyl (C=O) groups is 1. The lowest BCUT2D eigenvalue weighted by Crippen LogP contribution is -2.23. The maximum absolute atomic E-state index is 12.9. The lowest BCUT2D eigenvalue weighted by molar-refractivity contribution is -0.112. The number of alkyl halides is 1. The lowest BCUT2D eigenvalue weighted by Gasteiger charge is -2.07. The summed E-state index contributed by atoms with van der Waals surface area (Å²) in [6.45, 7) is 2.24. The zero-order valence-corrected chi connectivity index (χ0v) is 16.7. The van der Waals surface area contributed by atoms with Crippen molar-refractivity contribution in [1.82, 2.24) is 19.1 Å².